The highest BCUT2D eigenvalue weighted by molar-refractivity contribution is 7.91. The number of hydrogen-bond acceptors (Lipinski definition) is 6. The first-order valence-corrected chi connectivity index (χ1v) is 12.7. The maximum atomic E-state index is 12.7. The lowest BCUT2D eigenvalue weighted by Gasteiger charge is -2.19. The fourth-order valence-electron chi connectivity index (χ4n) is 4.03. The molecule has 2 atom stereocenters. The molecule has 7 nitrogen and oxygen atoms in total. The maximum Gasteiger partial charge on any atom is 0.305 e. The standard InChI is InChI=1S/C22H38N2O5S.ClH/c1-3-18-17-22(18,23)20(26)24-30(27,28)21(15-16-21)14-12-10-8-6-4-5-7-9-11-13-19(25)29-2;/h3,18H,1,4-17,23H2,2H3,(H,24,26);1H/t18-,22-;/m1./s1. The lowest BCUT2D eigenvalue weighted by Crippen LogP contribution is -2.49. The molecule has 0 unspecified atom stereocenters. The van der Waals surface area contributed by atoms with E-state index in [1.54, 1.807) is 6.08 Å². The van der Waals surface area contributed by atoms with Crippen LogP contribution in [-0.4, -0.2) is 37.7 Å². The van der Waals surface area contributed by atoms with Crippen LogP contribution in [-0.2, 0) is 24.3 Å². The van der Waals surface area contributed by atoms with E-state index in [0.29, 0.717) is 32.1 Å². The van der Waals surface area contributed by atoms with Gasteiger partial charge in [0, 0.05) is 12.3 Å². The van der Waals surface area contributed by atoms with Crippen molar-refractivity contribution in [2.45, 2.75) is 100 Å². The summed E-state index contributed by atoms with van der Waals surface area (Å²) in [5.41, 5.74) is 4.87. The molecule has 2 aliphatic carbocycles. The minimum Gasteiger partial charge on any atom is -0.469 e. The van der Waals surface area contributed by atoms with E-state index in [-0.39, 0.29) is 24.3 Å². The van der Waals surface area contributed by atoms with Crippen LogP contribution in [0.3, 0.4) is 0 Å². The molecular formula is C22H39ClN2O5S. The molecule has 0 aromatic carbocycles. The van der Waals surface area contributed by atoms with Crippen LogP contribution in [0, 0.1) is 5.92 Å². The number of nitrogens with two attached hydrogens (primary N) is 1. The smallest absolute Gasteiger partial charge is 0.305 e. The van der Waals surface area contributed by atoms with Gasteiger partial charge in [0.15, 0.2) is 0 Å². The number of carbonyl (C=O) groups is 2. The highest BCUT2D eigenvalue weighted by atomic mass is 35.5. The van der Waals surface area contributed by atoms with E-state index in [2.05, 4.69) is 16.0 Å². The van der Waals surface area contributed by atoms with Crippen LogP contribution in [0.25, 0.3) is 0 Å². The first kappa shape index (κ1) is 27.9. The fraction of sp³-hybridized carbons (Fsp3) is 0.818. The summed E-state index contributed by atoms with van der Waals surface area (Å²) in [6.45, 7) is 3.63. The van der Waals surface area contributed by atoms with Crippen LogP contribution in [0.4, 0.5) is 0 Å². The zero-order valence-electron chi connectivity index (χ0n) is 18.7. The van der Waals surface area contributed by atoms with Gasteiger partial charge in [-0.25, -0.2) is 8.42 Å². The monoisotopic (exact) mass is 478 g/mol. The summed E-state index contributed by atoms with van der Waals surface area (Å²) >= 11 is 0. The fourth-order valence-corrected chi connectivity index (χ4v) is 5.74. The Labute approximate surface area is 193 Å². The van der Waals surface area contributed by atoms with E-state index >= 15 is 0 Å². The molecular weight excluding hydrogens is 440 g/mol. The van der Waals surface area contributed by atoms with Crippen molar-refractivity contribution in [1.82, 2.24) is 4.72 Å². The van der Waals surface area contributed by atoms with E-state index < -0.39 is 26.2 Å². The van der Waals surface area contributed by atoms with Crippen molar-refractivity contribution in [3.05, 3.63) is 12.7 Å². The number of carbonyl (C=O) groups excluding carboxylic acids is 2. The molecule has 2 saturated carbocycles. The van der Waals surface area contributed by atoms with Crippen LogP contribution in [0.2, 0.25) is 0 Å². The lowest BCUT2D eigenvalue weighted by atomic mass is 10.0. The van der Waals surface area contributed by atoms with E-state index in [1.807, 2.05) is 0 Å². The molecule has 2 fully saturated rings. The molecule has 1 amide bonds. The molecule has 0 aliphatic heterocycles. The Morgan fingerprint density at radius 2 is 1.58 bits per heavy atom. The normalized spacial score (nSPS) is 23.4. The molecule has 180 valence electrons. The van der Waals surface area contributed by atoms with Gasteiger partial charge in [-0.3, -0.25) is 14.3 Å². The zero-order chi connectivity index (χ0) is 22.3. The van der Waals surface area contributed by atoms with E-state index in [0.717, 1.165) is 51.4 Å². The second kappa shape index (κ2) is 12.2. The molecule has 0 radical (unpaired) electrons. The van der Waals surface area contributed by atoms with E-state index in [4.69, 9.17) is 5.73 Å². The Balaban J connectivity index is 0.00000480. The van der Waals surface area contributed by atoms with Crippen molar-refractivity contribution < 1.29 is 22.7 Å². The zero-order valence-corrected chi connectivity index (χ0v) is 20.3. The number of rotatable bonds is 16. The molecule has 31 heavy (non-hydrogen) atoms. The molecule has 0 aromatic rings. The van der Waals surface area contributed by atoms with Crippen LogP contribution in [0.1, 0.15) is 89.9 Å². The molecule has 9 heteroatoms. The third-order valence-electron chi connectivity index (χ3n) is 6.61. The molecule has 2 rings (SSSR count). The third kappa shape index (κ3) is 7.75. The molecule has 0 saturated heterocycles. The van der Waals surface area contributed by atoms with Gasteiger partial charge in [-0.2, -0.15) is 0 Å². The summed E-state index contributed by atoms with van der Waals surface area (Å²) in [5, 5.41) is 0. The third-order valence-corrected chi connectivity index (χ3v) is 8.82. The van der Waals surface area contributed by atoms with Crippen molar-refractivity contribution >= 4 is 34.3 Å². The Kier molecular flexibility index (Phi) is 11.0. The molecule has 3 N–H and O–H groups in total. The Morgan fingerprint density at radius 1 is 1.06 bits per heavy atom. The average molecular weight is 479 g/mol. The van der Waals surface area contributed by atoms with Gasteiger partial charge in [-0.15, -0.1) is 19.0 Å². The predicted octanol–water partition coefficient (Wildman–Crippen LogP) is 3.75. The molecule has 2 aliphatic rings. The summed E-state index contributed by atoms with van der Waals surface area (Å²) in [7, 11) is -2.27. The molecule has 0 bridgehead atoms. The van der Waals surface area contributed by atoms with Crippen LogP contribution in [0.5, 0.6) is 0 Å². The van der Waals surface area contributed by atoms with Crippen LogP contribution < -0.4 is 10.5 Å². The summed E-state index contributed by atoms with van der Waals surface area (Å²) in [5.74, 6) is -0.873. The number of esters is 1. The quantitative estimate of drug-likeness (QED) is 0.198. The topological polar surface area (TPSA) is 116 Å². The maximum absolute atomic E-state index is 12.7. The lowest BCUT2D eigenvalue weighted by molar-refractivity contribution is -0.140. The van der Waals surface area contributed by atoms with Crippen molar-refractivity contribution in [3.63, 3.8) is 0 Å². The number of amides is 1. The van der Waals surface area contributed by atoms with Crippen molar-refractivity contribution in [2.75, 3.05) is 7.11 Å². The van der Waals surface area contributed by atoms with E-state index in [1.165, 1.54) is 13.5 Å². The first-order valence-electron chi connectivity index (χ1n) is 11.3. The minimum absolute atomic E-state index is 0. The van der Waals surface area contributed by atoms with Gasteiger partial charge in [0.1, 0.15) is 5.54 Å². The van der Waals surface area contributed by atoms with E-state index in [9.17, 15) is 18.0 Å². The summed E-state index contributed by atoms with van der Waals surface area (Å²) in [4.78, 5) is 23.3. The number of hydrogen-bond donors (Lipinski definition) is 2. The van der Waals surface area contributed by atoms with Crippen LogP contribution in [0.15, 0.2) is 12.7 Å². The molecule has 0 spiro atoms. The first-order chi connectivity index (χ1) is 14.2. The van der Waals surface area contributed by atoms with Crippen molar-refractivity contribution in [3.8, 4) is 0 Å². The van der Waals surface area contributed by atoms with Crippen molar-refractivity contribution in [2.24, 2.45) is 11.7 Å². The van der Waals surface area contributed by atoms with Gasteiger partial charge in [0.2, 0.25) is 10.0 Å². The van der Waals surface area contributed by atoms with Gasteiger partial charge in [0.25, 0.3) is 5.91 Å². The van der Waals surface area contributed by atoms with Gasteiger partial charge in [0.05, 0.1) is 11.9 Å². The molecule has 0 heterocycles. The summed E-state index contributed by atoms with van der Waals surface area (Å²) in [6.07, 6.45) is 13.9. The SMILES string of the molecule is C=C[C@@H]1C[C@]1(N)C(=O)NS(=O)(=O)C1(CCCCCCCCCCCC(=O)OC)CC1.Cl. The Bertz CT molecular complexity index is 723. The van der Waals surface area contributed by atoms with Crippen molar-refractivity contribution in [1.29, 1.82) is 0 Å². The highest BCUT2D eigenvalue weighted by Crippen LogP contribution is 2.48. The highest BCUT2D eigenvalue weighted by Gasteiger charge is 2.59. The van der Waals surface area contributed by atoms with Crippen LogP contribution >= 0.6 is 12.4 Å². The summed E-state index contributed by atoms with van der Waals surface area (Å²) in [6, 6.07) is 0. The minimum atomic E-state index is -3.69. The number of methoxy groups -OCH3 is 1. The average Bonchev–Trinajstić information content (AvgIpc) is 3.62. The summed E-state index contributed by atoms with van der Waals surface area (Å²) < 4.78 is 31.5. The number of ether oxygens (including phenoxy) is 1. The Morgan fingerprint density at radius 3 is 2.03 bits per heavy atom. The number of unbranched alkanes of at least 4 members (excludes halogenated alkanes) is 8. The number of nitrogens with one attached hydrogen (secondary N) is 1. The number of sulfonamides is 1. The van der Waals surface area contributed by atoms with Gasteiger partial charge in [-0.05, 0) is 32.1 Å². The second-order valence-electron chi connectivity index (χ2n) is 8.96. The van der Waals surface area contributed by atoms with Gasteiger partial charge < -0.3 is 10.5 Å². The number of halogens is 1. The largest absolute Gasteiger partial charge is 0.469 e. The van der Waals surface area contributed by atoms with Gasteiger partial charge >= 0.3 is 5.97 Å². The van der Waals surface area contributed by atoms with Gasteiger partial charge in [-0.1, -0.05) is 57.4 Å². The molecule has 0 aromatic heterocycles. The second-order valence-corrected chi connectivity index (χ2v) is 11.0. The predicted molar refractivity (Wildman–Crippen MR) is 124 cm³/mol. The Hall–Kier alpha value is -1.12.